The minimum Gasteiger partial charge on any atom is -0.391 e. The van der Waals surface area contributed by atoms with Crippen molar-refractivity contribution in [3.63, 3.8) is 0 Å². The van der Waals surface area contributed by atoms with E-state index in [0.29, 0.717) is 5.56 Å². The molecule has 30 N–H and O–H groups in total. The molecule has 1 heterocycles. The number of amides is 12. The maximum Gasteiger partial charge on any atom is 0.245 e. The molecule has 34 heteroatoms. The van der Waals surface area contributed by atoms with E-state index in [4.69, 9.17) is 45.9 Å². The lowest BCUT2D eigenvalue weighted by Crippen LogP contribution is -2.68. The van der Waals surface area contributed by atoms with Crippen molar-refractivity contribution in [2.45, 2.75) is 229 Å². The number of nitrogens with two attached hydrogens (primary N) is 8. The highest BCUT2D eigenvalue weighted by Crippen LogP contribution is 2.12. The quantitative estimate of drug-likeness (QED) is 0.0484. The monoisotopic (exact) mass is 1260 g/mol. The molecule has 34 nitrogen and oxygen atoms in total. The molecule has 0 spiro atoms. The van der Waals surface area contributed by atoms with Gasteiger partial charge in [0.05, 0.1) is 24.3 Å². The van der Waals surface area contributed by atoms with Crippen LogP contribution in [0.25, 0.3) is 0 Å². The number of carbonyl (C=O) groups is 12. The highest BCUT2D eigenvalue weighted by atomic mass is 16.3. The second-order valence-corrected chi connectivity index (χ2v) is 23.6. The van der Waals surface area contributed by atoms with Gasteiger partial charge in [0.25, 0.3) is 0 Å². The average molecular weight is 1260 g/mol. The zero-order chi connectivity index (χ0) is 68.2. The molecule has 1 aliphatic rings. The largest absolute Gasteiger partial charge is 0.391 e. The van der Waals surface area contributed by atoms with Crippen LogP contribution >= 0.6 is 0 Å². The average Bonchev–Trinajstić information content (AvgIpc) is 1.48. The summed E-state index contributed by atoms with van der Waals surface area (Å²) in [6, 6.07) is -21.4. The maximum absolute atomic E-state index is 14.8. The molecular weight excluding hydrogens is 1160 g/mol. The van der Waals surface area contributed by atoms with Crippen molar-refractivity contribution < 1.29 is 67.7 Å². The molecule has 89 heavy (non-hydrogen) atoms. The topological polar surface area (TPSA) is 598 Å². The van der Waals surface area contributed by atoms with Crippen molar-refractivity contribution in [1.29, 1.82) is 0 Å². The lowest BCUT2D eigenvalue weighted by atomic mass is 9.99. The van der Waals surface area contributed by atoms with E-state index >= 15 is 0 Å². The first-order chi connectivity index (χ1) is 41.2. The van der Waals surface area contributed by atoms with E-state index in [9.17, 15) is 67.7 Å². The zero-order valence-corrected chi connectivity index (χ0v) is 52.5. The third-order valence-electron chi connectivity index (χ3n) is 14.3. The van der Waals surface area contributed by atoms with Gasteiger partial charge in [-0.15, -0.1) is 0 Å². The van der Waals surface area contributed by atoms with Crippen molar-refractivity contribution in [2.75, 3.05) is 0 Å². The fourth-order valence-corrected chi connectivity index (χ4v) is 8.98. The molecule has 1 aliphatic heterocycles. The predicted molar refractivity (Wildman–Crippen MR) is 325 cm³/mol. The van der Waals surface area contributed by atoms with E-state index in [1.807, 2.05) is 0 Å². The van der Waals surface area contributed by atoms with Gasteiger partial charge >= 0.3 is 0 Å². The van der Waals surface area contributed by atoms with Crippen LogP contribution in [0.15, 0.2) is 30.3 Å². The van der Waals surface area contributed by atoms with E-state index in [-0.39, 0.29) is 18.8 Å². The Kier molecular flexibility index (Phi) is 31.0. The summed E-state index contributed by atoms with van der Waals surface area (Å²) in [4.78, 5) is 169. The van der Waals surface area contributed by atoms with Crippen LogP contribution in [0.1, 0.15) is 95.1 Å². The van der Waals surface area contributed by atoms with Gasteiger partial charge in [-0.3, -0.25) is 57.5 Å². The van der Waals surface area contributed by atoms with Gasteiger partial charge in [-0.1, -0.05) is 44.2 Å². The first-order valence-electron chi connectivity index (χ1n) is 29.3. The molecule has 1 aromatic carbocycles. The lowest BCUT2D eigenvalue weighted by Gasteiger charge is -2.33. The van der Waals surface area contributed by atoms with Crippen LogP contribution < -0.4 is 110 Å². The van der Waals surface area contributed by atoms with E-state index in [2.05, 4.69) is 63.8 Å². The van der Waals surface area contributed by atoms with Crippen LogP contribution in [0.2, 0.25) is 0 Å². The Labute approximate surface area is 517 Å². The molecule has 0 aliphatic carbocycles. The van der Waals surface area contributed by atoms with Crippen LogP contribution in [0, 0.1) is 5.92 Å². The molecule has 12 amide bonds. The Morgan fingerprint density at radius 3 is 1.21 bits per heavy atom. The van der Waals surface area contributed by atoms with E-state index < -0.39 is 204 Å². The highest BCUT2D eigenvalue weighted by Gasteiger charge is 2.42. The smallest absolute Gasteiger partial charge is 0.245 e. The molecule has 2 rings (SSSR count). The summed E-state index contributed by atoms with van der Waals surface area (Å²) < 4.78 is 0. The summed E-state index contributed by atoms with van der Waals surface area (Å²) in [6.45, 7) is 16.3. The number of carbonyl (C=O) groups excluding carboxylic acids is 12. The van der Waals surface area contributed by atoms with Crippen molar-refractivity contribution in [3.8, 4) is 0 Å². The fraction of sp³-hybridized carbons (Fsp3) is 0.673. The van der Waals surface area contributed by atoms with Crippen molar-refractivity contribution in [2.24, 2.45) is 51.8 Å². The molecular formula is C55H98N20O14. The molecule has 0 aromatic heterocycles. The van der Waals surface area contributed by atoms with Crippen LogP contribution in [0.4, 0.5) is 0 Å². The van der Waals surface area contributed by atoms with Gasteiger partial charge in [0.1, 0.15) is 66.5 Å². The molecule has 502 valence electrons. The number of aliphatic hydroxyl groups is 2. The molecule has 0 saturated carbocycles. The molecule has 1 saturated heterocycles. The molecule has 0 radical (unpaired) electrons. The van der Waals surface area contributed by atoms with Gasteiger partial charge in [-0.2, -0.15) is 0 Å². The van der Waals surface area contributed by atoms with E-state index in [0.717, 1.165) is 13.8 Å². The second-order valence-electron chi connectivity index (χ2n) is 23.6. The highest BCUT2D eigenvalue weighted by molar-refractivity contribution is 6.01. The summed E-state index contributed by atoms with van der Waals surface area (Å²) in [6.07, 6.45) is -3.69. The number of hydrogen-bond acceptors (Lipinski definition) is 22. The number of aliphatic hydroxyl groups excluding tert-OH is 2. The normalized spacial score (nSPS) is 26.0. The summed E-state index contributed by atoms with van der Waals surface area (Å²) in [5, 5.41) is 51.0. The summed E-state index contributed by atoms with van der Waals surface area (Å²) >= 11 is 0. The third-order valence-corrected chi connectivity index (χ3v) is 14.3. The zero-order valence-electron chi connectivity index (χ0n) is 52.5. The Morgan fingerprint density at radius 1 is 0.438 bits per heavy atom. The summed E-state index contributed by atoms with van der Waals surface area (Å²) in [5.74, 6) is -13.2. The van der Waals surface area contributed by atoms with E-state index in [1.165, 1.54) is 55.4 Å². The van der Waals surface area contributed by atoms with Crippen LogP contribution in [-0.2, 0) is 64.0 Å². The van der Waals surface area contributed by atoms with Crippen molar-refractivity contribution in [1.82, 2.24) is 63.8 Å². The lowest BCUT2D eigenvalue weighted by molar-refractivity contribution is -0.138. The molecule has 22 atom stereocenters. The molecule has 0 bridgehead atoms. The Hall–Kier alpha value is -7.54. The maximum atomic E-state index is 14.8. The van der Waals surface area contributed by atoms with Crippen molar-refractivity contribution >= 4 is 70.9 Å². The van der Waals surface area contributed by atoms with Gasteiger partial charge in [0.2, 0.25) is 70.9 Å². The Balaban J connectivity index is 2.80. The SMILES string of the molecule is CC(C)C[C@@H]1NC(=O)[C@@H](Cc2ccccc2)NC(=O)[C@H](C(C)N)NC(=O)[C@@H](NC(=O)[C@@H](NC(=O)[C@@H](NC(=O)[C@@H](NC(=O)[C@@H](NC(=O)[C@@H](N)C(C)N)C(C)N)C(C)N)[C@@H](C)O)C(C)N)C(C)NC(=O)[C@H]([C@@H](C)O)NC(=O)[C@H](C(C)N)NC(=O)[C@H](C(C)N)NC1=O. The predicted octanol–water partition coefficient (Wildman–Crippen LogP) is -10.4. The van der Waals surface area contributed by atoms with Gasteiger partial charge in [0.15, 0.2) is 0 Å². The standard InChI is InChI=1S/C55H98N20O14/c1-20(2)18-32-45(79)67-36(23(5)58)48(82)69-39(26(8)61)51(85)74-42(29(11)76)54(88)64-28(10)41(53(87)71-35(22(4)57)47(81)66-33(44(78)65-32)19-31-16-14-13-15-17-31)73-50(84)38(25(7)60)72-55(89)43(30(12)77)75-52(86)40(27(9)62)70-49(83)37(24(6)59)68-46(80)34(63)21(3)56/h13-17,20-30,32-43,76-77H,18-19,56-63H2,1-12H3,(H,64,88)(H,65,78)(H,66,81)(H,67,79)(H,68,80)(H,69,82)(H,70,83)(H,71,87)(H,72,89)(H,73,84)(H,74,85)(H,75,86)/t21?,22?,23?,24?,25?,26?,27?,28?,29-,30-,32+,33-,34+,35+,36+,37+,38+,39+,40+,41+,42+,43+/m1/s1. The number of hydrogen-bond donors (Lipinski definition) is 22. The minimum absolute atomic E-state index is 0.0122. The van der Waals surface area contributed by atoms with Gasteiger partial charge in [-0.25, -0.2) is 0 Å². The summed E-state index contributed by atoms with van der Waals surface area (Å²) in [7, 11) is 0. The van der Waals surface area contributed by atoms with Gasteiger partial charge < -0.3 is 120 Å². The van der Waals surface area contributed by atoms with Gasteiger partial charge in [-0.05, 0) is 87.1 Å². The first-order valence-corrected chi connectivity index (χ1v) is 29.3. The van der Waals surface area contributed by atoms with Crippen LogP contribution in [0.5, 0.6) is 0 Å². The first kappa shape index (κ1) is 77.6. The third kappa shape index (κ3) is 23.7. The molecule has 1 fully saturated rings. The van der Waals surface area contributed by atoms with E-state index in [1.54, 1.807) is 44.2 Å². The molecule has 8 unspecified atom stereocenters. The Morgan fingerprint density at radius 2 is 0.798 bits per heavy atom. The summed E-state index contributed by atoms with van der Waals surface area (Å²) in [5.41, 5.74) is 49.2. The Bertz CT molecular complexity index is 2610. The second kappa shape index (κ2) is 35.6. The number of benzene rings is 1. The van der Waals surface area contributed by atoms with Crippen LogP contribution in [0.3, 0.4) is 0 Å². The minimum atomic E-state index is -2.02. The van der Waals surface area contributed by atoms with Gasteiger partial charge in [0, 0.05) is 48.7 Å². The molecule has 1 aromatic rings. The fourth-order valence-electron chi connectivity index (χ4n) is 8.98. The van der Waals surface area contributed by atoms with Crippen LogP contribution in [-0.4, -0.2) is 214 Å². The number of nitrogens with one attached hydrogen (secondary N) is 12. The number of rotatable bonds is 23. The van der Waals surface area contributed by atoms with Crippen molar-refractivity contribution in [3.05, 3.63) is 35.9 Å².